The maximum absolute atomic E-state index is 13.2. The highest BCUT2D eigenvalue weighted by Crippen LogP contribution is 2.38. The highest BCUT2D eigenvalue weighted by atomic mass is 19.1. The summed E-state index contributed by atoms with van der Waals surface area (Å²) in [5.41, 5.74) is 0.287. The maximum Gasteiger partial charge on any atom is 0.224 e. The number of amides is 2. The molecule has 1 aromatic carbocycles. The molecule has 0 aromatic heterocycles. The van der Waals surface area contributed by atoms with Crippen molar-refractivity contribution >= 4 is 17.5 Å². The first-order valence-electron chi connectivity index (χ1n) is 8.91. The van der Waals surface area contributed by atoms with Gasteiger partial charge in [-0.1, -0.05) is 6.07 Å². The van der Waals surface area contributed by atoms with Gasteiger partial charge >= 0.3 is 0 Å². The standard InChI is InChI=1S/C19H25FN2O3/c1-14(23)22-8-6-19(7-9-22)13-15(5-10-25-19)11-18(24)21-17-4-2-3-16(20)12-17/h2-4,12,15H,5-11,13H2,1H3,(H,21,24). The summed E-state index contributed by atoms with van der Waals surface area (Å²) >= 11 is 0. The Kier molecular flexibility index (Phi) is 5.37. The van der Waals surface area contributed by atoms with Crippen LogP contribution in [0.1, 0.15) is 39.0 Å². The first kappa shape index (κ1) is 17.9. The molecule has 1 aromatic rings. The highest BCUT2D eigenvalue weighted by Gasteiger charge is 2.41. The van der Waals surface area contributed by atoms with Crippen molar-refractivity contribution in [1.82, 2.24) is 4.90 Å². The smallest absolute Gasteiger partial charge is 0.224 e. The van der Waals surface area contributed by atoms with Gasteiger partial charge in [0.05, 0.1) is 5.60 Å². The van der Waals surface area contributed by atoms with E-state index in [0.29, 0.717) is 18.7 Å². The van der Waals surface area contributed by atoms with E-state index in [4.69, 9.17) is 4.74 Å². The Hall–Kier alpha value is -1.95. The quantitative estimate of drug-likeness (QED) is 0.914. The Bertz CT molecular complexity index is 641. The summed E-state index contributed by atoms with van der Waals surface area (Å²) in [5.74, 6) is -0.0864. The number of rotatable bonds is 3. The third-order valence-corrected chi connectivity index (χ3v) is 5.30. The molecule has 2 aliphatic heterocycles. The lowest BCUT2D eigenvalue weighted by molar-refractivity contribution is -0.146. The fourth-order valence-electron chi connectivity index (χ4n) is 3.92. The molecule has 0 aliphatic carbocycles. The number of piperidine rings is 1. The van der Waals surface area contributed by atoms with E-state index in [1.165, 1.54) is 12.1 Å². The molecule has 25 heavy (non-hydrogen) atoms. The molecule has 0 bridgehead atoms. The highest BCUT2D eigenvalue weighted by molar-refractivity contribution is 5.90. The molecule has 1 unspecified atom stereocenters. The SMILES string of the molecule is CC(=O)N1CCC2(CC1)CC(CC(=O)Nc1cccc(F)c1)CCO2. The number of hydrogen-bond acceptors (Lipinski definition) is 3. The van der Waals surface area contributed by atoms with Crippen LogP contribution in [0.3, 0.4) is 0 Å². The Morgan fingerprint density at radius 3 is 2.80 bits per heavy atom. The minimum absolute atomic E-state index is 0.0891. The summed E-state index contributed by atoms with van der Waals surface area (Å²) in [5, 5.41) is 2.77. The molecule has 6 heteroatoms. The summed E-state index contributed by atoms with van der Waals surface area (Å²) in [6, 6.07) is 5.94. The average Bonchev–Trinajstić information content (AvgIpc) is 2.55. The second kappa shape index (κ2) is 7.52. The molecule has 5 nitrogen and oxygen atoms in total. The van der Waals surface area contributed by atoms with Crippen LogP contribution in [0, 0.1) is 11.7 Å². The van der Waals surface area contributed by atoms with Crippen molar-refractivity contribution in [3.63, 3.8) is 0 Å². The predicted molar refractivity (Wildman–Crippen MR) is 92.5 cm³/mol. The minimum atomic E-state index is -0.361. The molecule has 0 radical (unpaired) electrons. The van der Waals surface area contributed by atoms with E-state index in [1.807, 2.05) is 4.90 Å². The van der Waals surface area contributed by atoms with Crippen LogP contribution in [-0.2, 0) is 14.3 Å². The van der Waals surface area contributed by atoms with Gasteiger partial charge in [-0.25, -0.2) is 4.39 Å². The summed E-state index contributed by atoms with van der Waals surface area (Å²) in [7, 11) is 0. The van der Waals surface area contributed by atoms with Crippen molar-refractivity contribution in [3.05, 3.63) is 30.1 Å². The lowest BCUT2D eigenvalue weighted by atomic mass is 9.78. The topological polar surface area (TPSA) is 58.6 Å². The van der Waals surface area contributed by atoms with Crippen LogP contribution in [0.5, 0.6) is 0 Å². The molecule has 1 N–H and O–H groups in total. The van der Waals surface area contributed by atoms with Crippen LogP contribution in [0.4, 0.5) is 10.1 Å². The molecule has 0 saturated carbocycles. The minimum Gasteiger partial charge on any atom is -0.375 e. The summed E-state index contributed by atoms with van der Waals surface area (Å²) in [6.07, 6.45) is 3.77. The van der Waals surface area contributed by atoms with Crippen molar-refractivity contribution in [2.75, 3.05) is 25.0 Å². The van der Waals surface area contributed by atoms with Gasteiger partial charge in [0.15, 0.2) is 0 Å². The Balaban J connectivity index is 1.53. The number of benzene rings is 1. The Morgan fingerprint density at radius 1 is 1.36 bits per heavy atom. The third kappa shape index (κ3) is 4.57. The van der Waals surface area contributed by atoms with Crippen LogP contribution >= 0.6 is 0 Å². The van der Waals surface area contributed by atoms with E-state index >= 15 is 0 Å². The molecular formula is C19H25FN2O3. The van der Waals surface area contributed by atoms with E-state index in [2.05, 4.69) is 5.32 Å². The first-order chi connectivity index (χ1) is 12.0. The number of hydrogen-bond donors (Lipinski definition) is 1. The van der Waals surface area contributed by atoms with E-state index < -0.39 is 0 Å². The van der Waals surface area contributed by atoms with Crippen molar-refractivity contribution in [2.24, 2.45) is 5.92 Å². The number of nitrogens with zero attached hydrogens (tertiary/aromatic N) is 1. The van der Waals surface area contributed by atoms with Crippen LogP contribution in [-0.4, -0.2) is 42.0 Å². The second-order valence-electron chi connectivity index (χ2n) is 7.16. The molecule has 1 atom stereocenters. The van der Waals surface area contributed by atoms with Gasteiger partial charge in [0.25, 0.3) is 0 Å². The lowest BCUT2D eigenvalue weighted by Crippen LogP contribution is -2.50. The molecule has 2 fully saturated rings. The van der Waals surface area contributed by atoms with E-state index in [1.54, 1.807) is 19.1 Å². The fourth-order valence-corrected chi connectivity index (χ4v) is 3.92. The van der Waals surface area contributed by atoms with Gasteiger partial charge in [0, 0.05) is 38.7 Å². The number of halogens is 1. The molecule has 3 rings (SSSR count). The van der Waals surface area contributed by atoms with Crippen molar-refractivity contribution in [1.29, 1.82) is 0 Å². The van der Waals surface area contributed by atoms with E-state index in [9.17, 15) is 14.0 Å². The zero-order valence-electron chi connectivity index (χ0n) is 14.6. The number of carbonyl (C=O) groups is 2. The van der Waals surface area contributed by atoms with E-state index in [-0.39, 0.29) is 29.2 Å². The summed E-state index contributed by atoms with van der Waals surface area (Å²) in [4.78, 5) is 25.6. The Morgan fingerprint density at radius 2 is 2.12 bits per heavy atom. The number of likely N-dealkylation sites (tertiary alicyclic amines) is 1. The van der Waals surface area contributed by atoms with Gasteiger partial charge < -0.3 is 15.0 Å². The monoisotopic (exact) mass is 348 g/mol. The van der Waals surface area contributed by atoms with Gasteiger partial charge in [0.2, 0.25) is 11.8 Å². The van der Waals surface area contributed by atoms with Crippen LogP contribution in [0.25, 0.3) is 0 Å². The normalized spacial score (nSPS) is 22.6. The first-order valence-corrected chi connectivity index (χ1v) is 8.91. The van der Waals surface area contributed by atoms with Crippen molar-refractivity contribution < 1.29 is 18.7 Å². The molecule has 2 saturated heterocycles. The van der Waals surface area contributed by atoms with Crippen LogP contribution in [0.2, 0.25) is 0 Å². The van der Waals surface area contributed by atoms with E-state index in [0.717, 1.165) is 38.8 Å². The summed E-state index contributed by atoms with van der Waals surface area (Å²) in [6.45, 7) is 3.69. The largest absolute Gasteiger partial charge is 0.375 e. The maximum atomic E-state index is 13.2. The molecule has 2 aliphatic rings. The van der Waals surface area contributed by atoms with Gasteiger partial charge in [-0.3, -0.25) is 9.59 Å². The zero-order chi connectivity index (χ0) is 17.9. The third-order valence-electron chi connectivity index (χ3n) is 5.30. The number of nitrogens with one attached hydrogen (secondary N) is 1. The fraction of sp³-hybridized carbons (Fsp3) is 0.579. The van der Waals surface area contributed by atoms with Gasteiger partial charge in [-0.15, -0.1) is 0 Å². The number of anilines is 1. The van der Waals surface area contributed by atoms with Crippen molar-refractivity contribution in [3.8, 4) is 0 Å². The molecule has 2 amide bonds. The Labute approximate surface area is 147 Å². The summed E-state index contributed by atoms with van der Waals surface area (Å²) < 4.78 is 19.3. The number of ether oxygens (including phenoxy) is 1. The molecule has 136 valence electrons. The van der Waals surface area contributed by atoms with Gasteiger partial charge in [-0.2, -0.15) is 0 Å². The predicted octanol–water partition coefficient (Wildman–Crippen LogP) is 2.96. The van der Waals surface area contributed by atoms with Crippen LogP contribution < -0.4 is 5.32 Å². The molecule has 1 spiro atoms. The lowest BCUT2D eigenvalue weighted by Gasteiger charge is -2.46. The second-order valence-corrected chi connectivity index (χ2v) is 7.16. The van der Waals surface area contributed by atoms with Gasteiger partial charge in [0.1, 0.15) is 5.82 Å². The van der Waals surface area contributed by atoms with Crippen molar-refractivity contribution in [2.45, 2.75) is 44.6 Å². The average molecular weight is 348 g/mol. The molecular weight excluding hydrogens is 323 g/mol. The zero-order valence-corrected chi connectivity index (χ0v) is 14.6. The van der Waals surface area contributed by atoms with Gasteiger partial charge in [-0.05, 0) is 49.8 Å². The number of carbonyl (C=O) groups excluding carboxylic acids is 2. The molecule has 2 heterocycles. The van der Waals surface area contributed by atoms with Crippen LogP contribution in [0.15, 0.2) is 24.3 Å².